The fraction of sp³-hybridized carbons (Fsp3) is 0.562. The highest BCUT2D eigenvalue weighted by molar-refractivity contribution is 5.72. The Morgan fingerprint density at radius 3 is 1.90 bits per heavy atom. The van der Waals surface area contributed by atoms with Gasteiger partial charge in [-0.15, -0.1) is 0 Å². The van der Waals surface area contributed by atoms with Gasteiger partial charge in [0.1, 0.15) is 11.2 Å². The summed E-state index contributed by atoms with van der Waals surface area (Å²) in [6, 6.07) is 7.79. The van der Waals surface area contributed by atoms with Crippen molar-refractivity contribution < 1.29 is 28.5 Å². The molecule has 2 aliphatic heterocycles. The number of nitrogens with zero attached hydrogens (tertiary/aromatic N) is 4. The van der Waals surface area contributed by atoms with Gasteiger partial charge in [0.2, 0.25) is 11.8 Å². The van der Waals surface area contributed by atoms with Gasteiger partial charge in [0.15, 0.2) is 0 Å². The molecule has 0 spiro atoms. The van der Waals surface area contributed by atoms with Crippen molar-refractivity contribution in [1.29, 1.82) is 0 Å². The average molecular weight is 583 g/mol. The predicted molar refractivity (Wildman–Crippen MR) is 162 cm³/mol. The van der Waals surface area contributed by atoms with Crippen LogP contribution in [0.25, 0.3) is 6.08 Å². The molecular weight excluding hydrogens is 536 g/mol. The maximum Gasteiger partial charge on any atom is 0.410 e. The van der Waals surface area contributed by atoms with Crippen molar-refractivity contribution in [3.05, 3.63) is 53.4 Å². The molecule has 4 rings (SSSR count). The summed E-state index contributed by atoms with van der Waals surface area (Å²) in [5, 5.41) is 0. The summed E-state index contributed by atoms with van der Waals surface area (Å²) in [7, 11) is 0. The number of hydrogen-bond acceptors (Lipinski definition) is 8. The molecule has 0 unspecified atom stereocenters. The quantitative estimate of drug-likeness (QED) is 0.391. The van der Waals surface area contributed by atoms with Gasteiger partial charge in [0.05, 0.1) is 13.2 Å². The third kappa shape index (κ3) is 10.9. The summed E-state index contributed by atoms with van der Waals surface area (Å²) >= 11 is 0. The van der Waals surface area contributed by atoms with E-state index in [4.69, 9.17) is 18.9 Å². The monoisotopic (exact) mass is 582 g/mol. The normalized spacial score (nSPS) is 15.0. The molecule has 42 heavy (non-hydrogen) atoms. The lowest BCUT2D eigenvalue weighted by Gasteiger charge is -2.39. The molecule has 2 fully saturated rings. The largest absolute Gasteiger partial charge is 0.478 e. The number of amides is 2. The zero-order valence-electron chi connectivity index (χ0n) is 26.3. The van der Waals surface area contributed by atoms with E-state index in [1.54, 1.807) is 22.2 Å². The fourth-order valence-corrected chi connectivity index (χ4v) is 4.28. The Balaban J connectivity index is 0.000000230. The second-order valence-corrected chi connectivity index (χ2v) is 12.4. The van der Waals surface area contributed by atoms with E-state index in [-0.39, 0.29) is 12.2 Å². The first-order valence-electron chi connectivity index (χ1n) is 14.6. The highest BCUT2D eigenvalue weighted by Gasteiger charge is 2.33. The van der Waals surface area contributed by atoms with Crippen molar-refractivity contribution in [3.63, 3.8) is 0 Å². The Kier molecular flexibility index (Phi) is 11.2. The van der Waals surface area contributed by atoms with E-state index >= 15 is 0 Å². The van der Waals surface area contributed by atoms with Crippen LogP contribution in [0.5, 0.6) is 11.8 Å². The molecule has 2 amide bonds. The number of hydrogen-bond donors (Lipinski definition) is 0. The van der Waals surface area contributed by atoms with Crippen molar-refractivity contribution in [2.45, 2.75) is 73.0 Å². The Hall–Kier alpha value is -3.82. The molecule has 4 heterocycles. The lowest BCUT2D eigenvalue weighted by atomic mass is 9.93. The van der Waals surface area contributed by atoms with E-state index in [2.05, 4.69) is 16.0 Å². The molecule has 0 N–H and O–H groups in total. The zero-order chi connectivity index (χ0) is 30.9. The zero-order valence-corrected chi connectivity index (χ0v) is 26.3. The van der Waals surface area contributed by atoms with Crippen molar-refractivity contribution in [3.8, 4) is 11.8 Å². The fourth-order valence-electron chi connectivity index (χ4n) is 4.28. The smallest absolute Gasteiger partial charge is 0.410 e. The minimum absolute atomic E-state index is 0.219. The standard InChI is InChI=1S/C16H24N2O3.C16H22N2O3/c2*1-5-20-14-9-12(6-7-17-14)8-13-10-18(11-13)15(19)21-16(2,3)4/h6-7,9,13H,5,8,10-11H2,1-4H3;6-9H,5,10-11H2,1-4H3. The highest BCUT2D eigenvalue weighted by Crippen LogP contribution is 2.24. The van der Waals surface area contributed by atoms with Crippen LogP contribution in [-0.2, 0) is 15.9 Å². The minimum Gasteiger partial charge on any atom is -0.478 e. The van der Waals surface area contributed by atoms with Gasteiger partial charge >= 0.3 is 12.2 Å². The van der Waals surface area contributed by atoms with Crippen molar-refractivity contribution in [2.75, 3.05) is 39.4 Å². The minimum atomic E-state index is -0.450. The number of carbonyl (C=O) groups excluding carboxylic acids is 2. The topological polar surface area (TPSA) is 103 Å². The molecule has 230 valence electrons. The lowest BCUT2D eigenvalue weighted by Crippen LogP contribution is -2.52. The van der Waals surface area contributed by atoms with Crippen molar-refractivity contribution >= 4 is 18.3 Å². The molecule has 10 heteroatoms. The van der Waals surface area contributed by atoms with Gasteiger partial charge in [-0.05, 0) is 96.6 Å². The van der Waals surface area contributed by atoms with Crippen LogP contribution in [0.15, 0.2) is 42.2 Å². The van der Waals surface area contributed by atoms with Gasteiger partial charge in [-0.3, -0.25) is 0 Å². The van der Waals surface area contributed by atoms with Gasteiger partial charge in [0, 0.05) is 50.7 Å². The third-order valence-electron chi connectivity index (χ3n) is 6.09. The molecule has 0 aliphatic carbocycles. The predicted octanol–water partition coefficient (Wildman–Crippen LogP) is 6.00. The van der Waals surface area contributed by atoms with Crippen molar-refractivity contribution in [1.82, 2.24) is 19.8 Å². The maximum atomic E-state index is 11.9. The Morgan fingerprint density at radius 2 is 1.36 bits per heavy atom. The van der Waals surface area contributed by atoms with E-state index in [0.29, 0.717) is 44.0 Å². The molecule has 0 radical (unpaired) electrons. The molecule has 0 atom stereocenters. The molecule has 0 bridgehead atoms. The first-order chi connectivity index (χ1) is 19.7. The van der Waals surface area contributed by atoms with Gasteiger partial charge in [-0.1, -0.05) is 6.08 Å². The van der Waals surface area contributed by atoms with Crippen LogP contribution >= 0.6 is 0 Å². The van der Waals surface area contributed by atoms with Gasteiger partial charge < -0.3 is 28.7 Å². The van der Waals surface area contributed by atoms with Crippen LogP contribution < -0.4 is 9.47 Å². The van der Waals surface area contributed by atoms with Gasteiger partial charge in [-0.25, -0.2) is 19.6 Å². The number of rotatable bonds is 7. The summed E-state index contributed by atoms with van der Waals surface area (Å²) in [5.74, 6) is 1.77. The first-order valence-corrected chi connectivity index (χ1v) is 14.6. The molecule has 2 aromatic heterocycles. The van der Waals surface area contributed by atoms with E-state index in [0.717, 1.165) is 25.1 Å². The van der Waals surface area contributed by atoms with Gasteiger partial charge in [-0.2, -0.15) is 0 Å². The highest BCUT2D eigenvalue weighted by atomic mass is 16.6. The van der Waals surface area contributed by atoms with Crippen molar-refractivity contribution in [2.24, 2.45) is 5.92 Å². The lowest BCUT2D eigenvalue weighted by molar-refractivity contribution is -0.000931. The van der Waals surface area contributed by atoms with Crippen LogP contribution in [0, 0.1) is 5.92 Å². The molecule has 2 aromatic rings. The van der Waals surface area contributed by atoms with E-state index < -0.39 is 11.2 Å². The third-order valence-corrected chi connectivity index (χ3v) is 6.09. The van der Waals surface area contributed by atoms with Crippen LogP contribution in [0.1, 0.15) is 66.5 Å². The van der Waals surface area contributed by atoms with E-state index in [1.165, 1.54) is 11.1 Å². The van der Waals surface area contributed by atoms with E-state index in [1.807, 2.05) is 79.7 Å². The summed E-state index contributed by atoms with van der Waals surface area (Å²) in [5.41, 5.74) is 2.54. The first kappa shape index (κ1) is 32.7. The second-order valence-electron chi connectivity index (χ2n) is 12.4. The molecule has 0 aromatic carbocycles. The Labute approximate surface area is 250 Å². The summed E-state index contributed by atoms with van der Waals surface area (Å²) in [4.78, 5) is 35.4. The summed E-state index contributed by atoms with van der Waals surface area (Å²) in [6.07, 6.45) is 6.01. The molecular formula is C32H46N4O6. The Bertz CT molecular complexity index is 1220. The molecule has 10 nitrogen and oxygen atoms in total. The number of carbonyl (C=O) groups is 2. The SMILES string of the molecule is CCOc1cc(C=C2CN(C(=O)OC(C)(C)C)C2)ccn1.CCOc1cc(CC2CN(C(=O)OC(C)(C)C)C2)ccn1. The molecule has 2 saturated heterocycles. The average Bonchev–Trinajstić information content (AvgIpc) is 2.82. The van der Waals surface area contributed by atoms with Crippen LogP contribution in [0.3, 0.4) is 0 Å². The number of pyridine rings is 2. The summed E-state index contributed by atoms with van der Waals surface area (Å²) in [6.45, 7) is 19.1. The maximum absolute atomic E-state index is 11.9. The number of ether oxygens (including phenoxy) is 4. The van der Waals surface area contributed by atoms with Crippen LogP contribution in [0.4, 0.5) is 9.59 Å². The molecule has 0 saturated carbocycles. The molecule has 2 aliphatic rings. The van der Waals surface area contributed by atoms with Crippen LogP contribution in [-0.4, -0.2) is 82.5 Å². The van der Waals surface area contributed by atoms with E-state index in [9.17, 15) is 9.59 Å². The number of likely N-dealkylation sites (tertiary alicyclic amines) is 2. The van der Waals surface area contributed by atoms with Gasteiger partial charge in [0.25, 0.3) is 0 Å². The summed E-state index contributed by atoms with van der Waals surface area (Å²) < 4.78 is 21.4. The Morgan fingerprint density at radius 1 is 0.833 bits per heavy atom. The number of aromatic nitrogens is 2. The van der Waals surface area contributed by atoms with Crippen LogP contribution in [0.2, 0.25) is 0 Å². The second kappa shape index (κ2) is 14.4.